The Balaban J connectivity index is 1.40. The van der Waals surface area contributed by atoms with Crippen molar-refractivity contribution in [1.82, 2.24) is 15.0 Å². The molecule has 2 amide bonds. The van der Waals surface area contributed by atoms with Gasteiger partial charge in [-0.3, -0.25) is 14.3 Å². The van der Waals surface area contributed by atoms with Crippen molar-refractivity contribution in [3.8, 4) is 0 Å². The number of aromatic nitrogens is 3. The van der Waals surface area contributed by atoms with Crippen LogP contribution in [0.5, 0.6) is 0 Å². The molecule has 0 bridgehead atoms. The maximum absolute atomic E-state index is 14.7. The summed E-state index contributed by atoms with van der Waals surface area (Å²) in [5.74, 6) is -0.332. The molecule has 3 aliphatic rings. The van der Waals surface area contributed by atoms with Crippen LogP contribution in [-0.2, 0) is 39.4 Å². The van der Waals surface area contributed by atoms with Gasteiger partial charge in [-0.1, -0.05) is 42.5 Å². The number of hydrogen-bond donors (Lipinski definition) is 2. The highest BCUT2D eigenvalue weighted by Gasteiger charge is 2.66. The average Bonchev–Trinajstić information content (AvgIpc) is 3.63. The lowest BCUT2D eigenvalue weighted by Gasteiger charge is -2.33. The molecule has 0 unspecified atom stereocenters. The van der Waals surface area contributed by atoms with Crippen LogP contribution in [0.15, 0.2) is 54.7 Å². The third kappa shape index (κ3) is 5.32. The summed E-state index contributed by atoms with van der Waals surface area (Å²) in [6.45, 7) is 7.44. The van der Waals surface area contributed by atoms with Gasteiger partial charge in [0.1, 0.15) is 0 Å². The monoisotopic (exact) mass is 603 g/mol. The molecule has 10 nitrogen and oxygen atoms in total. The normalized spacial score (nSPS) is 25.7. The highest BCUT2D eigenvalue weighted by Crippen LogP contribution is 2.60. The highest BCUT2D eigenvalue weighted by molar-refractivity contribution is 6.71. The summed E-state index contributed by atoms with van der Waals surface area (Å²) < 4.78 is 8.73. The number of carbonyl (C=O) groups excluding carboxylic acids is 2. The molecule has 3 aromatic rings. The standard InChI is InChI=1S/C32H41N5O5Si/c1-22-30(43(2,3)41)28(14-17-35-21-24(15-18-38)33-34-35)42-32(22)26-19-25(36-16-8-7-11-29(36)39)12-13-27(26)37(31(32)40)20-23-9-5-4-6-10-23/h4-6,9-10,12-13,19,21-22,28,30,38,41H,7-8,11,14-18,20H2,1-3H3/t22-,28+,30-,32+/m0/s1. The number of fused-ring (bicyclic) bond motifs is 2. The zero-order chi connectivity index (χ0) is 30.4. The van der Waals surface area contributed by atoms with Gasteiger partial charge in [0.25, 0.3) is 5.91 Å². The molecule has 0 saturated carbocycles. The molecular weight excluding hydrogens is 562 g/mol. The SMILES string of the molecule is C[C@H]1[C@H]([Si](C)(C)O)[C@@H](CCn2cc(CCO)nn2)O[C@]12C(=O)N(Cc1ccccc1)c1ccc(N3CCCCC3=O)cc12. The van der Waals surface area contributed by atoms with Crippen LogP contribution in [0.2, 0.25) is 18.6 Å². The third-order valence-corrected chi connectivity index (χ3v) is 11.9. The van der Waals surface area contributed by atoms with Crippen molar-refractivity contribution in [1.29, 1.82) is 0 Å². The first-order chi connectivity index (χ1) is 20.6. The summed E-state index contributed by atoms with van der Waals surface area (Å²) in [6.07, 6.45) is 4.76. The van der Waals surface area contributed by atoms with Crippen LogP contribution >= 0.6 is 0 Å². The molecule has 3 aliphatic heterocycles. The lowest BCUT2D eigenvalue weighted by molar-refractivity contribution is -0.146. The van der Waals surface area contributed by atoms with Gasteiger partial charge < -0.3 is 24.4 Å². The number of amides is 2. The van der Waals surface area contributed by atoms with Crippen molar-refractivity contribution in [2.75, 3.05) is 23.0 Å². The van der Waals surface area contributed by atoms with E-state index in [9.17, 15) is 19.5 Å². The molecule has 228 valence electrons. The number of piperidine rings is 1. The summed E-state index contributed by atoms with van der Waals surface area (Å²) in [7, 11) is -2.83. The molecule has 43 heavy (non-hydrogen) atoms. The van der Waals surface area contributed by atoms with Crippen molar-refractivity contribution in [2.24, 2.45) is 5.92 Å². The third-order valence-electron chi connectivity index (χ3n) is 9.38. The second kappa shape index (κ2) is 11.6. The van der Waals surface area contributed by atoms with E-state index < -0.39 is 13.9 Å². The van der Waals surface area contributed by atoms with Gasteiger partial charge in [-0.2, -0.15) is 0 Å². The lowest BCUT2D eigenvalue weighted by Crippen LogP contribution is -2.46. The van der Waals surface area contributed by atoms with E-state index in [-0.39, 0.29) is 36.0 Å². The van der Waals surface area contributed by atoms with Crippen LogP contribution in [0.3, 0.4) is 0 Å². The zero-order valence-electron chi connectivity index (χ0n) is 25.1. The molecule has 2 saturated heterocycles. The van der Waals surface area contributed by atoms with Crippen LogP contribution in [0.25, 0.3) is 0 Å². The molecule has 0 aliphatic carbocycles. The van der Waals surface area contributed by atoms with Gasteiger partial charge >= 0.3 is 0 Å². The Hall–Kier alpha value is -3.38. The number of aliphatic hydroxyl groups is 1. The summed E-state index contributed by atoms with van der Waals surface area (Å²) in [4.78, 5) is 42.9. The van der Waals surface area contributed by atoms with Gasteiger partial charge in [-0.05, 0) is 56.1 Å². The van der Waals surface area contributed by atoms with E-state index in [1.54, 1.807) is 4.68 Å². The molecule has 2 aromatic carbocycles. The smallest absolute Gasteiger partial charge is 0.264 e. The number of hydrogen-bond acceptors (Lipinski definition) is 7. The fourth-order valence-corrected chi connectivity index (χ4v) is 10.0. The molecule has 1 spiro atoms. The van der Waals surface area contributed by atoms with E-state index in [1.165, 1.54) is 0 Å². The summed E-state index contributed by atoms with van der Waals surface area (Å²) >= 11 is 0. The van der Waals surface area contributed by atoms with Crippen molar-refractivity contribution in [2.45, 2.75) is 82.5 Å². The van der Waals surface area contributed by atoms with Crippen LogP contribution in [-0.4, -0.2) is 64.3 Å². The topological polar surface area (TPSA) is 121 Å². The summed E-state index contributed by atoms with van der Waals surface area (Å²) in [6, 6.07) is 15.8. The number of aryl methyl sites for hydroxylation is 1. The van der Waals surface area contributed by atoms with E-state index in [1.807, 2.05) is 84.5 Å². The van der Waals surface area contributed by atoms with Crippen molar-refractivity contribution in [3.05, 3.63) is 71.5 Å². The van der Waals surface area contributed by atoms with Crippen molar-refractivity contribution >= 4 is 31.5 Å². The van der Waals surface area contributed by atoms with Crippen molar-refractivity contribution < 1.29 is 24.2 Å². The molecule has 1 aromatic heterocycles. The van der Waals surface area contributed by atoms with E-state index >= 15 is 0 Å². The largest absolute Gasteiger partial charge is 0.432 e. The molecular formula is C32H41N5O5Si. The number of carbonyl (C=O) groups is 2. The Kier molecular flexibility index (Phi) is 8.01. The molecule has 11 heteroatoms. The molecule has 2 N–H and O–H groups in total. The Morgan fingerprint density at radius 2 is 1.91 bits per heavy atom. The van der Waals surface area contributed by atoms with Gasteiger partial charge in [-0.25, -0.2) is 0 Å². The highest BCUT2D eigenvalue weighted by atomic mass is 28.4. The first kappa shape index (κ1) is 29.7. The Bertz CT molecular complexity index is 1490. The van der Waals surface area contributed by atoms with Crippen molar-refractivity contribution in [3.63, 3.8) is 0 Å². The fourth-order valence-electron chi connectivity index (χ4n) is 7.44. The predicted molar refractivity (Wildman–Crippen MR) is 165 cm³/mol. The van der Waals surface area contributed by atoms with E-state index in [0.29, 0.717) is 44.6 Å². The van der Waals surface area contributed by atoms with Gasteiger partial charge in [0.15, 0.2) is 13.9 Å². The number of nitrogens with zero attached hydrogens (tertiary/aromatic N) is 5. The van der Waals surface area contributed by atoms with Gasteiger partial charge in [-0.15, -0.1) is 5.10 Å². The van der Waals surface area contributed by atoms with E-state index in [0.717, 1.165) is 35.3 Å². The first-order valence-electron chi connectivity index (χ1n) is 15.3. The molecule has 4 heterocycles. The average molecular weight is 604 g/mol. The quantitative estimate of drug-likeness (QED) is 0.357. The maximum Gasteiger partial charge on any atom is 0.264 e. The predicted octanol–water partition coefficient (Wildman–Crippen LogP) is 3.76. The molecule has 4 atom stereocenters. The van der Waals surface area contributed by atoms with Gasteiger partial charge in [0, 0.05) is 61.4 Å². The zero-order valence-corrected chi connectivity index (χ0v) is 26.1. The minimum absolute atomic E-state index is 0.00283. The van der Waals surface area contributed by atoms with Crippen LogP contribution in [0, 0.1) is 5.92 Å². The van der Waals surface area contributed by atoms with Crippen LogP contribution < -0.4 is 9.80 Å². The Labute approximate surface area is 253 Å². The second-order valence-corrected chi connectivity index (χ2v) is 16.7. The Morgan fingerprint density at radius 1 is 1.12 bits per heavy atom. The summed E-state index contributed by atoms with van der Waals surface area (Å²) in [5, 5.41) is 17.6. The van der Waals surface area contributed by atoms with Crippen LogP contribution in [0.4, 0.5) is 11.4 Å². The number of anilines is 2. The van der Waals surface area contributed by atoms with Gasteiger partial charge in [0.05, 0.1) is 24.0 Å². The van der Waals surface area contributed by atoms with E-state index in [4.69, 9.17) is 4.74 Å². The summed E-state index contributed by atoms with van der Waals surface area (Å²) in [5.41, 5.74) is 2.56. The number of aliphatic hydroxyl groups excluding tert-OH is 1. The van der Waals surface area contributed by atoms with E-state index in [2.05, 4.69) is 10.3 Å². The lowest BCUT2D eigenvalue weighted by atomic mass is 9.82. The Morgan fingerprint density at radius 3 is 2.63 bits per heavy atom. The number of ether oxygens (including phenoxy) is 1. The minimum atomic E-state index is -2.83. The maximum atomic E-state index is 14.7. The molecule has 0 radical (unpaired) electrons. The molecule has 2 fully saturated rings. The van der Waals surface area contributed by atoms with Crippen LogP contribution in [0.1, 0.15) is 49.4 Å². The fraction of sp³-hybridized carbons (Fsp3) is 0.500. The first-order valence-corrected chi connectivity index (χ1v) is 18.4. The number of rotatable bonds is 9. The van der Waals surface area contributed by atoms with Gasteiger partial charge in [0.2, 0.25) is 5.91 Å². The second-order valence-electron chi connectivity index (χ2n) is 12.7. The number of benzene rings is 2. The minimum Gasteiger partial charge on any atom is -0.432 e. The molecule has 6 rings (SSSR count).